The van der Waals surface area contributed by atoms with Crippen molar-refractivity contribution in [2.24, 2.45) is 0 Å². The molecule has 0 bridgehead atoms. The molecule has 78 valence electrons. The van der Waals surface area contributed by atoms with E-state index in [1.165, 1.54) is 6.07 Å². The minimum Gasteiger partial charge on any atom is -0.295 e. The van der Waals surface area contributed by atoms with Gasteiger partial charge in [-0.15, -0.1) is 0 Å². The van der Waals surface area contributed by atoms with E-state index in [0.717, 1.165) is 12.8 Å². The molecule has 2 rings (SSSR count). The molecule has 1 fully saturated rings. The van der Waals surface area contributed by atoms with Crippen molar-refractivity contribution in [1.82, 2.24) is 5.32 Å². The van der Waals surface area contributed by atoms with Gasteiger partial charge in [0, 0.05) is 11.6 Å². The number of rotatable bonds is 3. The maximum atomic E-state index is 13.6. The van der Waals surface area contributed by atoms with Gasteiger partial charge in [0.25, 0.3) is 0 Å². The zero-order valence-electron chi connectivity index (χ0n) is 8.00. The van der Waals surface area contributed by atoms with Crippen molar-refractivity contribution in [3.63, 3.8) is 0 Å². The Labute approximate surface area is 92.7 Å². The first kappa shape index (κ1) is 10.4. The summed E-state index contributed by atoms with van der Waals surface area (Å²) < 4.78 is 13.6. The normalized spacial score (nSPS) is 17.1. The van der Waals surface area contributed by atoms with Crippen molar-refractivity contribution < 1.29 is 4.39 Å². The van der Waals surface area contributed by atoms with Crippen LogP contribution in [-0.4, -0.2) is 6.04 Å². The summed E-state index contributed by atoms with van der Waals surface area (Å²) in [6.07, 6.45) is 2.11. The molecule has 0 aromatic heterocycles. The third kappa shape index (κ3) is 2.28. The lowest BCUT2D eigenvalue weighted by molar-refractivity contribution is 0.560. The summed E-state index contributed by atoms with van der Waals surface area (Å²) in [5, 5.41) is 12.1. The number of hydrogen-bond donors (Lipinski definition) is 1. The van der Waals surface area contributed by atoms with Gasteiger partial charge in [-0.2, -0.15) is 5.26 Å². The molecule has 0 saturated heterocycles. The molecule has 0 spiro atoms. The summed E-state index contributed by atoms with van der Waals surface area (Å²) in [6.45, 7) is 0. The van der Waals surface area contributed by atoms with E-state index in [4.69, 9.17) is 16.9 Å². The van der Waals surface area contributed by atoms with Gasteiger partial charge < -0.3 is 0 Å². The summed E-state index contributed by atoms with van der Waals surface area (Å²) in [6, 6.07) is 6.52. The molecule has 0 aliphatic heterocycles. The number of halogens is 2. The molecule has 1 aromatic rings. The standard InChI is InChI=1S/C11H10ClFN2/c12-9-3-1-2-8(11(9)13)10(6-14)15-7-4-5-7/h1-3,7,10,15H,4-5H2. The van der Waals surface area contributed by atoms with Crippen molar-refractivity contribution in [3.8, 4) is 6.07 Å². The predicted molar refractivity (Wildman–Crippen MR) is 55.9 cm³/mol. The Balaban J connectivity index is 2.25. The van der Waals surface area contributed by atoms with Crippen LogP contribution in [0.3, 0.4) is 0 Å². The Morgan fingerprint density at radius 3 is 2.87 bits per heavy atom. The molecule has 1 saturated carbocycles. The molecule has 1 aliphatic rings. The predicted octanol–water partition coefficient (Wildman–Crippen LogP) is 2.80. The molecule has 15 heavy (non-hydrogen) atoms. The maximum Gasteiger partial charge on any atom is 0.147 e. The van der Waals surface area contributed by atoms with Crippen molar-refractivity contribution >= 4 is 11.6 Å². The molecule has 0 heterocycles. The van der Waals surface area contributed by atoms with Crippen LogP contribution in [0.5, 0.6) is 0 Å². The first-order valence-electron chi connectivity index (χ1n) is 4.82. The van der Waals surface area contributed by atoms with Gasteiger partial charge in [0.15, 0.2) is 0 Å². The topological polar surface area (TPSA) is 35.8 Å². The van der Waals surface area contributed by atoms with E-state index in [1.807, 2.05) is 6.07 Å². The van der Waals surface area contributed by atoms with Crippen LogP contribution in [0.1, 0.15) is 24.4 Å². The molecule has 0 radical (unpaired) electrons. The molecule has 1 aliphatic carbocycles. The van der Waals surface area contributed by atoms with Crippen LogP contribution < -0.4 is 5.32 Å². The van der Waals surface area contributed by atoms with E-state index in [2.05, 4.69) is 5.32 Å². The summed E-state index contributed by atoms with van der Waals surface area (Å²) in [7, 11) is 0. The fourth-order valence-corrected chi connectivity index (χ4v) is 1.61. The average Bonchev–Trinajstić information content (AvgIpc) is 3.03. The van der Waals surface area contributed by atoms with E-state index in [-0.39, 0.29) is 5.02 Å². The molecule has 1 unspecified atom stereocenters. The zero-order valence-corrected chi connectivity index (χ0v) is 8.76. The highest BCUT2D eigenvalue weighted by Gasteiger charge is 2.26. The van der Waals surface area contributed by atoms with E-state index in [9.17, 15) is 4.39 Å². The fraction of sp³-hybridized carbons (Fsp3) is 0.364. The van der Waals surface area contributed by atoms with Gasteiger partial charge in [-0.05, 0) is 18.9 Å². The minimum absolute atomic E-state index is 0.0605. The second-order valence-corrected chi connectivity index (χ2v) is 4.05. The second-order valence-electron chi connectivity index (χ2n) is 3.65. The summed E-state index contributed by atoms with van der Waals surface area (Å²) >= 11 is 5.65. The van der Waals surface area contributed by atoms with E-state index < -0.39 is 11.9 Å². The summed E-state index contributed by atoms with van der Waals surface area (Å²) in [5.41, 5.74) is 0.330. The highest BCUT2D eigenvalue weighted by Crippen LogP contribution is 2.27. The molecular weight excluding hydrogens is 215 g/mol. The zero-order chi connectivity index (χ0) is 10.8. The number of nitriles is 1. The van der Waals surface area contributed by atoms with E-state index in [0.29, 0.717) is 11.6 Å². The molecular formula is C11H10ClFN2. The SMILES string of the molecule is N#CC(NC1CC1)c1cccc(Cl)c1F. The molecule has 1 N–H and O–H groups in total. The van der Waals surface area contributed by atoms with Crippen molar-refractivity contribution in [2.75, 3.05) is 0 Å². The first-order valence-corrected chi connectivity index (χ1v) is 5.19. The van der Waals surface area contributed by atoms with Gasteiger partial charge >= 0.3 is 0 Å². The Morgan fingerprint density at radius 1 is 1.53 bits per heavy atom. The smallest absolute Gasteiger partial charge is 0.147 e. The largest absolute Gasteiger partial charge is 0.295 e. The van der Waals surface area contributed by atoms with Gasteiger partial charge in [-0.3, -0.25) is 5.32 Å². The highest BCUT2D eigenvalue weighted by molar-refractivity contribution is 6.30. The van der Waals surface area contributed by atoms with Crippen LogP contribution in [0.25, 0.3) is 0 Å². The third-order valence-corrected chi connectivity index (χ3v) is 2.69. The third-order valence-electron chi connectivity index (χ3n) is 2.40. The Bertz CT molecular complexity index is 410. The van der Waals surface area contributed by atoms with Crippen LogP contribution >= 0.6 is 11.6 Å². The van der Waals surface area contributed by atoms with E-state index >= 15 is 0 Å². The minimum atomic E-state index is -0.601. The number of benzene rings is 1. The number of nitrogens with zero attached hydrogens (tertiary/aromatic N) is 1. The lowest BCUT2D eigenvalue weighted by Crippen LogP contribution is -2.22. The van der Waals surface area contributed by atoms with Gasteiger partial charge in [-0.25, -0.2) is 4.39 Å². The Hall–Kier alpha value is -1.11. The highest BCUT2D eigenvalue weighted by atomic mass is 35.5. The van der Waals surface area contributed by atoms with E-state index in [1.54, 1.807) is 12.1 Å². The van der Waals surface area contributed by atoms with Crippen LogP contribution in [-0.2, 0) is 0 Å². The van der Waals surface area contributed by atoms with Gasteiger partial charge in [0.05, 0.1) is 11.1 Å². The quantitative estimate of drug-likeness (QED) is 0.857. The van der Waals surface area contributed by atoms with Crippen LogP contribution in [0, 0.1) is 17.1 Å². The van der Waals surface area contributed by atoms with Crippen LogP contribution in [0.15, 0.2) is 18.2 Å². The molecule has 1 aromatic carbocycles. The second kappa shape index (κ2) is 4.18. The van der Waals surface area contributed by atoms with Gasteiger partial charge in [-0.1, -0.05) is 23.7 Å². The lowest BCUT2D eigenvalue weighted by Gasteiger charge is -2.12. The average molecular weight is 225 g/mol. The van der Waals surface area contributed by atoms with Crippen LogP contribution in [0.2, 0.25) is 5.02 Å². The van der Waals surface area contributed by atoms with Crippen molar-refractivity contribution in [1.29, 1.82) is 5.26 Å². The van der Waals surface area contributed by atoms with Crippen molar-refractivity contribution in [2.45, 2.75) is 24.9 Å². The van der Waals surface area contributed by atoms with Gasteiger partial charge in [0.1, 0.15) is 11.9 Å². The lowest BCUT2D eigenvalue weighted by atomic mass is 10.1. The summed E-state index contributed by atoms with van der Waals surface area (Å²) in [5.74, 6) is -0.501. The number of nitrogens with one attached hydrogen (secondary N) is 1. The monoisotopic (exact) mass is 224 g/mol. The molecule has 2 nitrogen and oxygen atoms in total. The maximum absolute atomic E-state index is 13.6. The Morgan fingerprint density at radius 2 is 2.27 bits per heavy atom. The van der Waals surface area contributed by atoms with Gasteiger partial charge in [0.2, 0.25) is 0 Å². The fourth-order valence-electron chi connectivity index (χ4n) is 1.43. The first-order chi connectivity index (χ1) is 7.22. The Kier molecular flexibility index (Phi) is 2.90. The van der Waals surface area contributed by atoms with Crippen LogP contribution in [0.4, 0.5) is 4.39 Å². The molecule has 1 atom stereocenters. The molecule has 4 heteroatoms. The summed E-state index contributed by atoms with van der Waals surface area (Å²) in [4.78, 5) is 0. The van der Waals surface area contributed by atoms with Crippen molar-refractivity contribution in [3.05, 3.63) is 34.6 Å². The number of hydrogen-bond acceptors (Lipinski definition) is 2. The molecule has 0 amide bonds.